The van der Waals surface area contributed by atoms with Crippen molar-refractivity contribution in [1.29, 1.82) is 0 Å². The van der Waals surface area contributed by atoms with Crippen molar-refractivity contribution in [3.8, 4) is 0 Å². The van der Waals surface area contributed by atoms with Gasteiger partial charge in [-0.25, -0.2) is 13.4 Å². The summed E-state index contributed by atoms with van der Waals surface area (Å²) in [6, 6.07) is -0.0595. The normalized spacial score (nSPS) is 28.5. The third kappa shape index (κ3) is 3.29. The Morgan fingerprint density at radius 1 is 1.48 bits per heavy atom. The number of nitrogens with zero attached hydrogens (tertiary/aromatic N) is 3. The molecule has 3 rings (SSSR count). The number of hydrogen-bond acceptors (Lipinski definition) is 6. The largest absolute Gasteiger partial charge is 0.375 e. The van der Waals surface area contributed by atoms with Crippen molar-refractivity contribution in [1.82, 2.24) is 14.2 Å². The molecule has 0 amide bonds. The van der Waals surface area contributed by atoms with Gasteiger partial charge in [-0.1, -0.05) is 0 Å². The van der Waals surface area contributed by atoms with Gasteiger partial charge >= 0.3 is 0 Å². The number of rotatable bonds is 3. The standard InChI is InChI=1S/C13H21N3O3S2/c1-10-13(20-9-14-10)8-15-4-3-12-11(7-15)16(5-6-19-12)21(2,17)18/h9,11-12H,3-8H2,1-2H3/t11-,12-/m0/s1. The highest BCUT2D eigenvalue weighted by molar-refractivity contribution is 7.88. The Bertz CT molecular complexity index is 602. The topological polar surface area (TPSA) is 62.7 Å². The summed E-state index contributed by atoms with van der Waals surface area (Å²) in [4.78, 5) is 7.85. The quantitative estimate of drug-likeness (QED) is 0.815. The minimum absolute atomic E-state index is 0.0345. The molecule has 0 bridgehead atoms. The summed E-state index contributed by atoms with van der Waals surface area (Å²) >= 11 is 1.66. The first-order valence-corrected chi connectivity index (χ1v) is 9.87. The van der Waals surface area contributed by atoms with E-state index >= 15 is 0 Å². The molecule has 2 saturated heterocycles. The van der Waals surface area contributed by atoms with Gasteiger partial charge in [0.2, 0.25) is 10.0 Å². The molecular weight excluding hydrogens is 310 g/mol. The number of aryl methyl sites for hydroxylation is 1. The average molecular weight is 331 g/mol. The first-order chi connectivity index (χ1) is 9.95. The van der Waals surface area contributed by atoms with Gasteiger partial charge in [0.1, 0.15) is 0 Å². The summed E-state index contributed by atoms with van der Waals surface area (Å²) in [6.45, 7) is 5.50. The summed E-state index contributed by atoms with van der Waals surface area (Å²) in [5.41, 5.74) is 2.94. The molecule has 21 heavy (non-hydrogen) atoms. The fourth-order valence-corrected chi connectivity index (χ4v) is 5.06. The van der Waals surface area contributed by atoms with Crippen LogP contribution in [0.4, 0.5) is 0 Å². The fourth-order valence-electron chi connectivity index (χ4n) is 3.14. The van der Waals surface area contributed by atoms with E-state index in [-0.39, 0.29) is 12.1 Å². The van der Waals surface area contributed by atoms with E-state index in [4.69, 9.17) is 4.74 Å². The Morgan fingerprint density at radius 3 is 2.95 bits per heavy atom. The molecule has 0 radical (unpaired) electrons. The number of fused-ring (bicyclic) bond motifs is 1. The molecule has 2 atom stereocenters. The summed E-state index contributed by atoms with van der Waals surface area (Å²) in [7, 11) is -3.17. The SMILES string of the molecule is Cc1ncsc1CN1CC[C@@H]2OCCN(S(C)(=O)=O)[C@H]2C1. The van der Waals surface area contributed by atoms with Crippen LogP contribution in [0.3, 0.4) is 0 Å². The van der Waals surface area contributed by atoms with Crippen molar-refractivity contribution in [2.75, 3.05) is 32.5 Å². The van der Waals surface area contributed by atoms with Gasteiger partial charge in [0, 0.05) is 31.1 Å². The number of ether oxygens (including phenoxy) is 1. The van der Waals surface area contributed by atoms with E-state index < -0.39 is 10.0 Å². The van der Waals surface area contributed by atoms with Crippen LogP contribution in [0.2, 0.25) is 0 Å². The van der Waals surface area contributed by atoms with Crippen LogP contribution in [0, 0.1) is 6.92 Å². The van der Waals surface area contributed by atoms with Crippen molar-refractivity contribution in [2.24, 2.45) is 0 Å². The molecular formula is C13H21N3O3S2. The predicted octanol–water partition coefficient (Wildman–Crippen LogP) is 0.686. The zero-order chi connectivity index (χ0) is 15.0. The summed E-state index contributed by atoms with van der Waals surface area (Å²) in [5.74, 6) is 0. The lowest BCUT2D eigenvalue weighted by Gasteiger charge is -2.45. The first-order valence-electron chi connectivity index (χ1n) is 7.15. The number of likely N-dealkylation sites (tertiary alicyclic amines) is 1. The molecule has 0 N–H and O–H groups in total. The Balaban J connectivity index is 1.73. The van der Waals surface area contributed by atoms with Gasteiger partial charge in [0.15, 0.2) is 0 Å². The van der Waals surface area contributed by atoms with Crippen LogP contribution in [0.15, 0.2) is 5.51 Å². The maximum absolute atomic E-state index is 12.0. The summed E-state index contributed by atoms with van der Waals surface area (Å²) in [5, 5.41) is 0. The van der Waals surface area contributed by atoms with Crippen molar-refractivity contribution >= 4 is 21.4 Å². The minimum Gasteiger partial charge on any atom is -0.375 e. The molecule has 0 aromatic carbocycles. The second kappa shape index (κ2) is 5.92. The van der Waals surface area contributed by atoms with Crippen LogP contribution < -0.4 is 0 Å². The Morgan fingerprint density at radius 2 is 2.29 bits per heavy atom. The van der Waals surface area contributed by atoms with Crippen LogP contribution in [0.25, 0.3) is 0 Å². The second-order valence-electron chi connectivity index (χ2n) is 5.74. The number of morpholine rings is 1. The fraction of sp³-hybridized carbons (Fsp3) is 0.769. The number of aromatic nitrogens is 1. The first kappa shape index (κ1) is 15.4. The Kier molecular flexibility index (Phi) is 4.33. The van der Waals surface area contributed by atoms with Gasteiger partial charge in [0.25, 0.3) is 0 Å². The highest BCUT2D eigenvalue weighted by atomic mass is 32.2. The third-order valence-corrected chi connectivity index (χ3v) is 6.48. The van der Waals surface area contributed by atoms with E-state index in [0.717, 1.165) is 31.7 Å². The maximum atomic E-state index is 12.0. The number of hydrogen-bond donors (Lipinski definition) is 0. The lowest BCUT2D eigenvalue weighted by Crippen LogP contribution is -2.60. The highest BCUT2D eigenvalue weighted by Crippen LogP contribution is 2.26. The Labute approximate surface area is 129 Å². The van der Waals surface area contributed by atoms with Crippen molar-refractivity contribution < 1.29 is 13.2 Å². The third-order valence-electron chi connectivity index (χ3n) is 4.26. The molecule has 118 valence electrons. The van der Waals surface area contributed by atoms with Gasteiger partial charge in [-0.05, 0) is 13.3 Å². The number of sulfonamides is 1. The molecule has 0 aliphatic carbocycles. The molecule has 8 heteroatoms. The van der Waals surface area contributed by atoms with Crippen LogP contribution >= 0.6 is 11.3 Å². The second-order valence-corrected chi connectivity index (χ2v) is 8.61. The molecule has 2 aliphatic rings. The van der Waals surface area contributed by atoms with Gasteiger partial charge in [0.05, 0.1) is 36.2 Å². The monoisotopic (exact) mass is 331 g/mol. The van der Waals surface area contributed by atoms with Gasteiger partial charge in [-0.15, -0.1) is 11.3 Å². The summed E-state index contributed by atoms with van der Waals surface area (Å²) < 4.78 is 31.3. The molecule has 1 aromatic heterocycles. The van der Waals surface area contributed by atoms with Gasteiger partial charge in [-0.2, -0.15) is 4.31 Å². The van der Waals surface area contributed by atoms with E-state index in [9.17, 15) is 8.42 Å². The van der Waals surface area contributed by atoms with Crippen molar-refractivity contribution in [3.63, 3.8) is 0 Å². The van der Waals surface area contributed by atoms with Crippen LogP contribution in [-0.2, 0) is 21.3 Å². The van der Waals surface area contributed by atoms with Crippen LogP contribution in [-0.4, -0.2) is 67.2 Å². The van der Waals surface area contributed by atoms with Gasteiger partial charge < -0.3 is 4.74 Å². The van der Waals surface area contributed by atoms with E-state index in [1.54, 1.807) is 15.6 Å². The predicted molar refractivity (Wildman–Crippen MR) is 81.8 cm³/mol. The van der Waals surface area contributed by atoms with E-state index in [1.807, 2.05) is 12.4 Å². The molecule has 3 heterocycles. The molecule has 2 fully saturated rings. The number of thiazole rings is 1. The molecule has 0 spiro atoms. The minimum atomic E-state index is -3.17. The van der Waals surface area contributed by atoms with Crippen molar-refractivity contribution in [2.45, 2.75) is 32.0 Å². The lowest BCUT2D eigenvalue weighted by atomic mass is 10.0. The Hall–Kier alpha value is -0.540. The van der Waals surface area contributed by atoms with Crippen LogP contribution in [0.1, 0.15) is 17.0 Å². The maximum Gasteiger partial charge on any atom is 0.211 e. The zero-order valence-corrected chi connectivity index (χ0v) is 14.0. The van der Waals surface area contributed by atoms with E-state index in [1.165, 1.54) is 11.1 Å². The molecule has 1 aromatic rings. The highest BCUT2D eigenvalue weighted by Gasteiger charge is 2.40. The smallest absolute Gasteiger partial charge is 0.211 e. The molecule has 6 nitrogen and oxygen atoms in total. The van der Waals surface area contributed by atoms with Crippen molar-refractivity contribution in [3.05, 3.63) is 16.1 Å². The number of piperidine rings is 1. The molecule has 0 unspecified atom stereocenters. The van der Waals surface area contributed by atoms with E-state index in [2.05, 4.69) is 9.88 Å². The lowest BCUT2D eigenvalue weighted by molar-refractivity contribution is -0.0767. The van der Waals surface area contributed by atoms with Gasteiger partial charge in [-0.3, -0.25) is 4.90 Å². The molecule has 0 saturated carbocycles. The van der Waals surface area contributed by atoms with Crippen LogP contribution in [0.5, 0.6) is 0 Å². The van der Waals surface area contributed by atoms with E-state index in [0.29, 0.717) is 13.2 Å². The zero-order valence-electron chi connectivity index (χ0n) is 12.4. The molecule has 2 aliphatic heterocycles. The summed E-state index contributed by atoms with van der Waals surface area (Å²) in [6.07, 6.45) is 2.21. The average Bonchev–Trinajstić information content (AvgIpc) is 2.82.